The summed E-state index contributed by atoms with van der Waals surface area (Å²) in [4.78, 5) is 28.1. The van der Waals surface area contributed by atoms with E-state index in [1.807, 2.05) is 97.9 Å². The molecule has 4 aromatic carbocycles. The molecule has 0 saturated carbocycles. The van der Waals surface area contributed by atoms with Crippen LogP contribution in [0.1, 0.15) is 27.0 Å². The fourth-order valence-corrected chi connectivity index (χ4v) is 4.09. The van der Waals surface area contributed by atoms with Gasteiger partial charge in [-0.2, -0.15) is 0 Å². The van der Waals surface area contributed by atoms with Crippen LogP contribution in [0.3, 0.4) is 0 Å². The molecule has 154 valence electrons. The summed E-state index contributed by atoms with van der Waals surface area (Å²) in [5.74, 6) is -0.605. The number of carbonyl (C=O) groups excluding carboxylic acids is 2. The van der Waals surface area contributed by atoms with E-state index >= 15 is 0 Å². The highest BCUT2D eigenvalue weighted by Gasteiger charge is 2.36. The third kappa shape index (κ3) is 3.44. The summed E-state index contributed by atoms with van der Waals surface area (Å²) in [6, 6.07) is 33.0. The summed E-state index contributed by atoms with van der Waals surface area (Å²) in [5, 5.41) is 0. The molecule has 0 spiro atoms. The second-order valence-electron chi connectivity index (χ2n) is 7.82. The van der Waals surface area contributed by atoms with Gasteiger partial charge >= 0.3 is 0 Å². The van der Waals surface area contributed by atoms with Crippen molar-refractivity contribution in [3.63, 3.8) is 0 Å². The number of amides is 2. The molecule has 0 radical (unpaired) electrons. The van der Waals surface area contributed by atoms with Crippen LogP contribution in [0.15, 0.2) is 103 Å². The fourth-order valence-electron chi connectivity index (χ4n) is 4.09. The minimum atomic E-state index is -0.310. The Morgan fingerprint density at radius 3 is 1.91 bits per heavy atom. The molecule has 2 amide bonds. The standard InChI is InChI=1S/C29H21NO2/c1-20-9-5-8-14-27(20)30-28(31)25-13-7-6-12-24(25)26(29(30)32)19-21-15-17-23(18-16-21)22-10-3-2-4-11-22/h2-19H,1H3/b26-19-. The van der Waals surface area contributed by atoms with E-state index < -0.39 is 0 Å². The van der Waals surface area contributed by atoms with Gasteiger partial charge in [0.2, 0.25) is 0 Å². The van der Waals surface area contributed by atoms with Gasteiger partial charge in [-0.1, -0.05) is 91.0 Å². The van der Waals surface area contributed by atoms with Crippen LogP contribution < -0.4 is 4.90 Å². The zero-order valence-corrected chi connectivity index (χ0v) is 17.7. The second-order valence-corrected chi connectivity index (χ2v) is 7.82. The number of rotatable bonds is 3. The minimum Gasteiger partial charge on any atom is -0.268 e. The van der Waals surface area contributed by atoms with E-state index in [1.165, 1.54) is 4.90 Å². The predicted molar refractivity (Wildman–Crippen MR) is 129 cm³/mol. The van der Waals surface area contributed by atoms with Crippen molar-refractivity contribution in [1.29, 1.82) is 0 Å². The zero-order chi connectivity index (χ0) is 22.1. The van der Waals surface area contributed by atoms with E-state index in [9.17, 15) is 9.59 Å². The molecule has 3 nitrogen and oxygen atoms in total. The van der Waals surface area contributed by atoms with Crippen molar-refractivity contribution in [1.82, 2.24) is 0 Å². The van der Waals surface area contributed by atoms with Crippen molar-refractivity contribution < 1.29 is 9.59 Å². The van der Waals surface area contributed by atoms with Crippen molar-refractivity contribution >= 4 is 29.2 Å². The highest BCUT2D eigenvalue weighted by Crippen LogP contribution is 2.34. The lowest BCUT2D eigenvalue weighted by molar-refractivity contribution is -0.112. The summed E-state index contributed by atoms with van der Waals surface area (Å²) >= 11 is 0. The summed E-state index contributed by atoms with van der Waals surface area (Å²) in [6.45, 7) is 1.90. The van der Waals surface area contributed by atoms with Gasteiger partial charge in [-0.25, -0.2) is 4.90 Å². The smallest absolute Gasteiger partial charge is 0.265 e. The average Bonchev–Trinajstić information content (AvgIpc) is 2.84. The number of imide groups is 1. The zero-order valence-electron chi connectivity index (χ0n) is 17.7. The molecule has 0 fully saturated rings. The van der Waals surface area contributed by atoms with E-state index in [4.69, 9.17) is 0 Å². The van der Waals surface area contributed by atoms with Gasteiger partial charge in [0, 0.05) is 11.1 Å². The van der Waals surface area contributed by atoms with Crippen LogP contribution in [-0.2, 0) is 4.79 Å². The van der Waals surface area contributed by atoms with Crippen LogP contribution in [0.5, 0.6) is 0 Å². The van der Waals surface area contributed by atoms with Gasteiger partial charge in [0.1, 0.15) is 0 Å². The average molecular weight is 415 g/mol. The maximum Gasteiger partial charge on any atom is 0.265 e. The summed E-state index contributed by atoms with van der Waals surface area (Å²) in [6.07, 6.45) is 1.87. The van der Waals surface area contributed by atoms with E-state index in [2.05, 4.69) is 12.1 Å². The van der Waals surface area contributed by atoms with E-state index in [1.54, 1.807) is 6.07 Å². The molecule has 3 heteroatoms. The number of fused-ring (bicyclic) bond motifs is 1. The lowest BCUT2D eigenvalue weighted by atomic mass is 9.91. The predicted octanol–water partition coefficient (Wildman–Crippen LogP) is 6.39. The van der Waals surface area contributed by atoms with Gasteiger partial charge < -0.3 is 0 Å². The van der Waals surface area contributed by atoms with E-state index in [0.29, 0.717) is 22.4 Å². The Morgan fingerprint density at radius 1 is 0.594 bits per heavy atom. The molecule has 0 N–H and O–H groups in total. The highest BCUT2D eigenvalue weighted by molar-refractivity contribution is 6.43. The third-order valence-corrected chi connectivity index (χ3v) is 5.77. The van der Waals surface area contributed by atoms with Gasteiger partial charge in [0.05, 0.1) is 5.69 Å². The van der Waals surface area contributed by atoms with Gasteiger partial charge in [-0.05, 0) is 52.9 Å². The molecule has 5 rings (SSSR count). The maximum absolute atomic E-state index is 13.6. The largest absolute Gasteiger partial charge is 0.268 e. The molecule has 0 bridgehead atoms. The normalized spacial score (nSPS) is 14.5. The SMILES string of the molecule is Cc1ccccc1N1C(=O)/C(=C\c2ccc(-c3ccccc3)cc2)c2ccccc2C1=O. The number of aryl methyl sites for hydroxylation is 1. The molecule has 0 aliphatic carbocycles. The number of benzene rings is 4. The van der Waals surface area contributed by atoms with Gasteiger partial charge in [0.15, 0.2) is 0 Å². The second kappa shape index (κ2) is 8.12. The van der Waals surface area contributed by atoms with Crippen LogP contribution in [-0.4, -0.2) is 11.8 Å². The molecule has 4 aromatic rings. The monoisotopic (exact) mass is 415 g/mol. The Kier molecular flexibility index (Phi) is 5.00. The van der Waals surface area contributed by atoms with Crippen molar-refractivity contribution in [2.45, 2.75) is 6.92 Å². The lowest BCUT2D eigenvalue weighted by Gasteiger charge is -2.29. The van der Waals surface area contributed by atoms with Crippen LogP contribution in [0, 0.1) is 6.92 Å². The third-order valence-electron chi connectivity index (χ3n) is 5.77. The number of anilines is 1. The topological polar surface area (TPSA) is 37.4 Å². The Balaban J connectivity index is 1.60. The number of para-hydroxylation sites is 1. The van der Waals surface area contributed by atoms with Crippen molar-refractivity contribution in [2.75, 3.05) is 4.90 Å². The van der Waals surface area contributed by atoms with Crippen LogP contribution in [0.25, 0.3) is 22.8 Å². The molecule has 0 atom stereocenters. The molecule has 32 heavy (non-hydrogen) atoms. The molecule has 0 saturated heterocycles. The van der Waals surface area contributed by atoms with Crippen LogP contribution in [0.4, 0.5) is 5.69 Å². The Labute approximate surface area is 187 Å². The molecular weight excluding hydrogens is 394 g/mol. The maximum atomic E-state index is 13.6. The molecule has 0 aromatic heterocycles. The fraction of sp³-hybridized carbons (Fsp3) is 0.0345. The molecule has 0 unspecified atom stereocenters. The van der Waals surface area contributed by atoms with Crippen LogP contribution >= 0.6 is 0 Å². The Bertz CT molecular complexity index is 1350. The molecule has 1 heterocycles. The Morgan fingerprint density at radius 2 is 1.19 bits per heavy atom. The first-order chi connectivity index (χ1) is 15.6. The van der Waals surface area contributed by atoms with Crippen molar-refractivity contribution in [3.8, 4) is 11.1 Å². The minimum absolute atomic E-state index is 0.295. The lowest BCUT2D eigenvalue weighted by Crippen LogP contribution is -2.42. The first-order valence-corrected chi connectivity index (χ1v) is 10.5. The van der Waals surface area contributed by atoms with E-state index in [-0.39, 0.29) is 11.8 Å². The summed E-state index contributed by atoms with van der Waals surface area (Å²) < 4.78 is 0. The Hall–Kier alpha value is -4.24. The number of carbonyl (C=O) groups is 2. The number of hydrogen-bond donors (Lipinski definition) is 0. The number of nitrogens with zero attached hydrogens (tertiary/aromatic N) is 1. The highest BCUT2D eigenvalue weighted by atomic mass is 16.2. The van der Waals surface area contributed by atoms with Crippen molar-refractivity contribution in [3.05, 3.63) is 125 Å². The van der Waals surface area contributed by atoms with Gasteiger partial charge in [0.25, 0.3) is 11.8 Å². The van der Waals surface area contributed by atoms with Crippen LogP contribution in [0.2, 0.25) is 0 Å². The first-order valence-electron chi connectivity index (χ1n) is 10.5. The quantitative estimate of drug-likeness (QED) is 0.287. The van der Waals surface area contributed by atoms with Gasteiger partial charge in [-0.15, -0.1) is 0 Å². The molecular formula is C29H21NO2. The number of hydrogen-bond acceptors (Lipinski definition) is 2. The van der Waals surface area contributed by atoms with E-state index in [0.717, 1.165) is 22.3 Å². The molecule has 1 aliphatic rings. The van der Waals surface area contributed by atoms with Gasteiger partial charge in [-0.3, -0.25) is 9.59 Å². The van der Waals surface area contributed by atoms with Crippen molar-refractivity contribution in [2.24, 2.45) is 0 Å². The summed E-state index contributed by atoms with van der Waals surface area (Å²) in [7, 11) is 0. The summed E-state index contributed by atoms with van der Waals surface area (Å²) in [5.41, 5.74) is 6.35. The first kappa shape index (κ1) is 19.7. The molecule has 1 aliphatic heterocycles.